The summed E-state index contributed by atoms with van der Waals surface area (Å²) < 4.78 is 0. The van der Waals surface area contributed by atoms with Crippen LogP contribution in [0.2, 0.25) is 0 Å². The SMILES string of the molecule is CC(C)(C=S)C(=O)NN. The van der Waals surface area contributed by atoms with Gasteiger partial charge < -0.3 is 0 Å². The van der Waals surface area contributed by atoms with Gasteiger partial charge in [-0.15, -0.1) is 0 Å². The fourth-order valence-corrected chi connectivity index (χ4v) is 0.347. The Morgan fingerprint density at radius 1 is 1.78 bits per heavy atom. The molecule has 0 spiro atoms. The number of nitrogens with one attached hydrogen (secondary N) is 1. The van der Waals surface area contributed by atoms with Crippen molar-refractivity contribution >= 4 is 23.5 Å². The third kappa shape index (κ3) is 2.07. The molecule has 0 aliphatic carbocycles. The van der Waals surface area contributed by atoms with Gasteiger partial charge in [0.15, 0.2) is 0 Å². The molecule has 0 aliphatic heterocycles. The van der Waals surface area contributed by atoms with Crippen LogP contribution in [0.4, 0.5) is 0 Å². The van der Waals surface area contributed by atoms with Gasteiger partial charge in [-0.05, 0) is 19.2 Å². The molecule has 0 saturated carbocycles. The molecule has 9 heavy (non-hydrogen) atoms. The predicted octanol–water partition coefficient (Wildman–Crippen LogP) is 0.00220. The maximum Gasteiger partial charge on any atom is 0.244 e. The molecule has 3 N–H and O–H groups in total. The Morgan fingerprint density at radius 3 is 2.33 bits per heavy atom. The molecule has 0 fully saturated rings. The molecule has 4 heteroatoms. The molecule has 0 heterocycles. The molecule has 1 amide bonds. The van der Waals surface area contributed by atoms with Crippen LogP contribution in [-0.4, -0.2) is 11.3 Å². The van der Waals surface area contributed by atoms with E-state index in [2.05, 4.69) is 12.2 Å². The Morgan fingerprint density at radius 2 is 2.22 bits per heavy atom. The van der Waals surface area contributed by atoms with Crippen molar-refractivity contribution in [3.05, 3.63) is 0 Å². The van der Waals surface area contributed by atoms with Crippen molar-refractivity contribution in [1.29, 1.82) is 0 Å². The zero-order valence-electron chi connectivity index (χ0n) is 5.47. The number of carbonyl (C=O) groups is 1. The minimum atomic E-state index is -0.635. The number of hydrazine groups is 1. The van der Waals surface area contributed by atoms with Gasteiger partial charge in [0, 0.05) is 0 Å². The number of hydrogen-bond acceptors (Lipinski definition) is 3. The highest BCUT2D eigenvalue weighted by Crippen LogP contribution is 2.10. The van der Waals surface area contributed by atoms with E-state index < -0.39 is 5.41 Å². The van der Waals surface area contributed by atoms with Crippen molar-refractivity contribution in [2.75, 3.05) is 0 Å². The lowest BCUT2D eigenvalue weighted by Crippen LogP contribution is -2.41. The molecular formula is C5H10N2OS. The largest absolute Gasteiger partial charge is 0.294 e. The summed E-state index contributed by atoms with van der Waals surface area (Å²) >= 11 is 4.59. The predicted molar refractivity (Wildman–Crippen MR) is 39.8 cm³/mol. The highest BCUT2D eigenvalue weighted by molar-refractivity contribution is 7.79. The topological polar surface area (TPSA) is 55.1 Å². The maximum atomic E-state index is 10.7. The second kappa shape index (κ2) is 2.89. The smallest absolute Gasteiger partial charge is 0.244 e. The summed E-state index contributed by atoms with van der Waals surface area (Å²) in [7, 11) is 0. The first-order valence-corrected chi connectivity index (χ1v) is 2.99. The summed E-state index contributed by atoms with van der Waals surface area (Å²) in [6.07, 6.45) is 0. The van der Waals surface area contributed by atoms with Crippen molar-refractivity contribution in [3.63, 3.8) is 0 Å². The molecule has 0 aromatic rings. The fraction of sp³-hybridized carbons (Fsp3) is 0.600. The first kappa shape index (κ1) is 8.52. The lowest BCUT2D eigenvalue weighted by molar-refractivity contribution is -0.126. The minimum absolute atomic E-state index is 0.266. The van der Waals surface area contributed by atoms with Crippen molar-refractivity contribution in [2.24, 2.45) is 11.3 Å². The van der Waals surface area contributed by atoms with Gasteiger partial charge >= 0.3 is 0 Å². The molecule has 0 bridgehead atoms. The van der Waals surface area contributed by atoms with Crippen LogP contribution in [0.15, 0.2) is 0 Å². The molecule has 0 rings (SSSR count). The van der Waals surface area contributed by atoms with Crippen molar-refractivity contribution in [3.8, 4) is 0 Å². The highest BCUT2D eigenvalue weighted by atomic mass is 32.1. The van der Waals surface area contributed by atoms with E-state index in [1.807, 2.05) is 5.43 Å². The van der Waals surface area contributed by atoms with Crippen LogP contribution in [-0.2, 0) is 4.79 Å². The minimum Gasteiger partial charge on any atom is -0.294 e. The van der Waals surface area contributed by atoms with E-state index >= 15 is 0 Å². The Balaban J connectivity index is 4.14. The quantitative estimate of drug-likeness (QED) is 0.249. The average molecular weight is 146 g/mol. The number of hydrogen-bond donors (Lipinski definition) is 2. The Bertz CT molecular complexity index is 133. The number of nitrogens with two attached hydrogens (primary N) is 1. The average Bonchev–Trinajstić information content (AvgIpc) is 1.86. The summed E-state index contributed by atoms with van der Waals surface area (Å²) in [5.41, 5.74) is 1.38. The Hall–Kier alpha value is -0.480. The highest BCUT2D eigenvalue weighted by Gasteiger charge is 2.22. The lowest BCUT2D eigenvalue weighted by atomic mass is 9.96. The molecule has 0 radical (unpaired) electrons. The number of thiocarbonyl (C=S) groups is 1. The zero-order chi connectivity index (χ0) is 7.49. The van der Waals surface area contributed by atoms with E-state index in [4.69, 9.17) is 5.84 Å². The second-order valence-corrected chi connectivity index (χ2v) is 2.55. The first-order valence-electron chi connectivity index (χ1n) is 2.52. The van der Waals surface area contributed by atoms with Crippen molar-refractivity contribution in [1.82, 2.24) is 5.43 Å². The van der Waals surface area contributed by atoms with Gasteiger partial charge in [-0.1, -0.05) is 12.2 Å². The van der Waals surface area contributed by atoms with Crippen LogP contribution in [0.25, 0.3) is 0 Å². The number of carbonyl (C=O) groups excluding carboxylic acids is 1. The monoisotopic (exact) mass is 146 g/mol. The normalized spacial score (nSPS) is 10.6. The van der Waals surface area contributed by atoms with Gasteiger partial charge in [0.2, 0.25) is 5.91 Å². The number of amides is 1. The van der Waals surface area contributed by atoms with Crippen LogP contribution in [0.5, 0.6) is 0 Å². The van der Waals surface area contributed by atoms with Crippen LogP contribution >= 0.6 is 12.2 Å². The summed E-state index contributed by atoms with van der Waals surface area (Å²) in [4.78, 5) is 10.7. The third-order valence-electron chi connectivity index (χ3n) is 1.01. The van der Waals surface area contributed by atoms with Crippen LogP contribution < -0.4 is 11.3 Å². The van der Waals surface area contributed by atoms with Gasteiger partial charge in [-0.25, -0.2) is 5.84 Å². The molecular weight excluding hydrogens is 136 g/mol. The molecule has 0 saturated heterocycles. The van der Waals surface area contributed by atoms with Gasteiger partial charge in [0.05, 0.1) is 5.41 Å². The molecule has 0 aromatic carbocycles. The summed E-state index contributed by atoms with van der Waals surface area (Å²) in [5, 5.41) is 1.38. The molecule has 0 aromatic heterocycles. The standard InChI is InChI=1S/C5H10N2OS/c1-5(2,3-9)4(8)7-6/h3H,6H2,1-2H3,(H,7,8). The van der Waals surface area contributed by atoms with E-state index in [0.717, 1.165) is 0 Å². The maximum absolute atomic E-state index is 10.7. The van der Waals surface area contributed by atoms with Crippen molar-refractivity contribution in [2.45, 2.75) is 13.8 Å². The fourth-order valence-electron chi connectivity index (χ4n) is 0.240. The van der Waals surface area contributed by atoms with E-state index in [0.29, 0.717) is 0 Å². The summed E-state index contributed by atoms with van der Waals surface area (Å²) in [5.74, 6) is 4.60. The van der Waals surface area contributed by atoms with Gasteiger partial charge in [0.25, 0.3) is 0 Å². The first-order chi connectivity index (χ1) is 4.04. The zero-order valence-corrected chi connectivity index (χ0v) is 6.29. The van der Waals surface area contributed by atoms with Gasteiger partial charge in [-0.3, -0.25) is 10.2 Å². The van der Waals surface area contributed by atoms with Gasteiger partial charge in [0.1, 0.15) is 0 Å². The van der Waals surface area contributed by atoms with E-state index in [1.165, 1.54) is 5.37 Å². The van der Waals surface area contributed by atoms with Crippen LogP contribution in [0, 0.1) is 5.41 Å². The third-order valence-corrected chi connectivity index (χ3v) is 1.60. The number of rotatable bonds is 2. The Kier molecular flexibility index (Phi) is 2.73. The van der Waals surface area contributed by atoms with E-state index in [9.17, 15) is 4.79 Å². The van der Waals surface area contributed by atoms with Crippen LogP contribution in [0.1, 0.15) is 13.8 Å². The molecule has 52 valence electrons. The molecule has 0 aliphatic rings. The van der Waals surface area contributed by atoms with Gasteiger partial charge in [-0.2, -0.15) is 0 Å². The molecule has 0 atom stereocenters. The molecule has 0 unspecified atom stereocenters. The van der Waals surface area contributed by atoms with Crippen LogP contribution in [0.3, 0.4) is 0 Å². The Labute approximate surface area is 59.6 Å². The second-order valence-electron chi connectivity index (χ2n) is 2.31. The lowest BCUT2D eigenvalue weighted by Gasteiger charge is -2.14. The van der Waals surface area contributed by atoms with E-state index in [1.54, 1.807) is 13.8 Å². The summed E-state index contributed by atoms with van der Waals surface area (Å²) in [6.45, 7) is 3.39. The van der Waals surface area contributed by atoms with Crippen molar-refractivity contribution < 1.29 is 4.79 Å². The summed E-state index contributed by atoms with van der Waals surface area (Å²) in [6, 6.07) is 0. The molecule has 3 nitrogen and oxygen atoms in total. The van der Waals surface area contributed by atoms with E-state index in [-0.39, 0.29) is 5.91 Å².